The Balaban J connectivity index is 1.85. The molecule has 2 rings (SSSR count). The molecule has 0 aromatic carbocycles. The molecule has 1 saturated carbocycles. The Hall–Kier alpha value is -0.990. The van der Waals surface area contributed by atoms with E-state index < -0.39 is 0 Å². The summed E-state index contributed by atoms with van der Waals surface area (Å²) in [5.74, 6) is 0.817. The van der Waals surface area contributed by atoms with E-state index in [2.05, 4.69) is 0 Å². The van der Waals surface area contributed by atoms with Gasteiger partial charge >= 0.3 is 0 Å². The lowest BCUT2D eigenvalue weighted by atomic mass is 10.0. The van der Waals surface area contributed by atoms with Crippen molar-refractivity contribution in [3.63, 3.8) is 0 Å². The van der Waals surface area contributed by atoms with Crippen molar-refractivity contribution in [1.29, 1.82) is 0 Å². The molecule has 1 heterocycles. The van der Waals surface area contributed by atoms with Gasteiger partial charge in [-0.15, -0.1) is 0 Å². The highest BCUT2D eigenvalue weighted by atomic mass is 16.5. The highest BCUT2D eigenvalue weighted by Crippen LogP contribution is 2.27. The average molecular weight is 181 g/mol. The molecule has 0 aliphatic heterocycles. The van der Waals surface area contributed by atoms with Crippen molar-refractivity contribution < 1.29 is 4.52 Å². The molecule has 0 saturated heterocycles. The van der Waals surface area contributed by atoms with Crippen LogP contribution in [0, 0.1) is 5.92 Å². The maximum atomic E-state index is 11.1. The monoisotopic (exact) mass is 181 g/mol. The standard InChI is InChI=1S/C10H15NO2/c12-10-6-8-13-11(10)7-5-9-3-1-2-4-9/h6,8-9H,1-5,7H2. The van der Waals surface area contributed by atoms with E-state index in [1.807, 2.05) is 0 Å². The Morgan fingerprint density at radius 1 is 1.46 bits per heavy atom. The third-order valence-corrected chi connectivity index (χ3v) is 2.86. The molecular weight excluding hydrogens is 166 g/mol. The van der Waals surface area contributed by atoms with E-state index in [0.29, 0.717) is 0 Å². The molecule has 3 heteroatoms. The van der Waals surface area contributed by atoms with Gasteiger partial charge in [-0.3, -0.25) is 4.79 Å². The quantitative estimate of drug-likeness (QED) is 0.715. The number of aromatic nitrogens is 1. The zero-order chi connectivity index (χ0) is 9.10. The lowest BCUT2D eigenvalue weighted by molar-refractivity contribution is 0.241. The van der Waals surface area contributed by atoms with Crippen LogP contribution >= 0.6 is 0 Å². The van der Waals surface area contributed by atoms with Gasteiger partial charge in [0, 0.05) is 6.07 Å². The summed E-state index contributed by atoms with van der Waals surface area (Å²) < 4.78 is 6.47. The molecule has 1 aromatic heterocycles. The third kappa shape index (κ3) is 2.02. The molecule has 1 aromatic rings. The van der Waals surface area contributed by atoms with Crippen molar-refractivity contribution in [3.05, 3.63) is 22.7 Å². The number of aryl methyl sites for hydroxylation is 1. The minimum atomic E-state index is -0.0157. The van der Waals surface area contributed by atoms with Crippen LogP contribution < -0.4 is 5.56 Å². The first-order valence-corrected chi connectivity index (χ1v) is 5.01. The van der Waals surface area contributed by atoms with Gasteiger partial charge in [-0.2, -0.15) is 4.74 Å². The van der Waals surface area contributed by atoms with Crippen LogP contribution in [0.25, 0.3) is 0 Å². The van der Waals surface area contributed by atoms with Crippen molar-refractivity contribution in [2.75, 3.05) is 0 Å². The van der Waals surface area contributed by atoms with Crippen LogP contribution in [0.5, 0.6) is 0 Å². The van der Waals surface area contributed by atoms with Gasteiger partial charge in [0.1, 0.15) is 6.26 Å². The first kappa shape index (κ1) is 8.60. The lowest BCUT2D eigenvalue weighted by Crippen LogP contribution is -2.14. The van der Waals surface area contributed by atoms with E-state index in [9.17, 15) is 4.79 Å². The van der Waals surface area contributed by atoms with Gasteiger partial charge in [-0.1, -0.05) is 25.7 Å². The van der Waals surface area contributed by atoms with Crippen molar-refractivity contribution >= 4 is 0 Å². The summed E-state index contributed by atoms with van der Waals surface area (Å²) >= 11 is 0. The second-order valence-electron chi connectivity index (χ2n) is 3.79. The predicted molar refractivity (Wildman–Crippen MR) is 49.5 cm³/mol. The molecule has 1 fully saturated rings. The number of rotatable bonds is 3. The van der Waals surface area contributed by atoms with Crippen LogP contribution in [0.2, 0.25) is 0 Å². The molecular formula is C10H15NO2. The average Bonchev–Trinajstić information content (AvgIpc) is 2.72. The van der Waals surface area contributed by atoms with Crippen LogP contribution in [-0.4, -0.2) is 4.74 Å². The molecule has 13 heavy (non-hydrogen) atoms. The number of hydrogen-bond donors (Lipinski definition) is 0. The van der Waals surface area contributed by atoms with Gasteiger partial charge < -0.3 is 4.52 Å². The summed E-state index contributed by atoms with van der Waals surface area (Å²) in [7, 11) is 0. The predicted octanol–water partition coefficient (Wildman–Crippen LogP) is 2.02. The minimum Gasteiger partial charge on any atom is -0.384 e. The number of hydrogen-bond acceptors (Lipinski definition) is 2. The molecule has 0 atom stereocenters. The van der Waals surface area contributed by atoms with Crippen molar-refractivity contribution in [2.45, 2.75) is 38.6 Å². The SMILES string of the molecule is O=c1ccon1CCC1CCCC1. The molecule has 72 valence electrons. The molecule has 3 nitrogen and oxygen atoms in total. The highest BCUT2D eigenvalue weighted by Gasteiger charge is 2.15. The van der Waals surface area contributed by atoms with Crippen molar-refractivity contribution in [1.82, 2.24) is 4.74 Å². The van der Waals surface area contributed by atoms with Gasteiger partial charge in [-0.05, 0) is 12.3 Å². The van der Waals surface area contributed by atoms with Crippen LogP contribution in [0.4, 0.5) is 0 Å². The Morgan fingerprint density at radius 3 is 2.85 bits per heavy atom. The van der Waals surface area contributed by atoms with E-state index >= 15 is 0 Å². The molecule has 1 aliphatic rings. The summed E-state index contributed by atoms with van der Waals surface area (Å²) in [6.07, 6.45) is 7.92. The first-order chi connectivity index (χ1) is 6.36. The van der Waals surface area contributed by atoms with E-state index in [-0.39, 0.29) is 5.56 Å². The van der Waals surface area contributed by atoms with Crippen LogP contribution in [-0.2, 0) is 6.54 Å². The Kier molecular flexibility index (Phi) is 2.52. The summed E-state index contributed by atoms with van der Waals surface area (Å²) in [4.78, 5) is 11.1. The fourth-order valence-electron chi connectivity index (χ4n) is 2.06. The normalized spacial score (nSPS) is 18.2. The van der Waals surface area contributed by atoms with Crippen molar-refractivity contribution in [2.24, 2.45) is 5.92 Å². The zero-order valence-electron chi connectivity index (χ0n) is 7.74. The van der Waals surface area contributed by atoms with Crippen LogP contribution in [0.3, 0.4) is 0 Å². The summed E-state index contributed by atoms with van der Waals surface area (Å²) in [5.41, 5.74) is -0.0157. The smallest absolute Gasteiger partial charge is 0.282 e. The molecule has 0 amide bonds. The van der Waals surface area contributed by atoms with Gasteiger partial charge in [0.2, 0.25) is 0 Å². The van der Waals surface area contributed by atoms with E-state index in [1.54, 1.807) is 0 Å². The maximum absolute atomic E-state index is 11.1. The van der Waals surface area contributed by atoms with Gasteiger partial charge in [0.25, 0.3) is 5.56 Å². The van der Waals surface area contributed by atoms with E-state index in [0.717, 1.165) is 18.9 Å². The van der Waals surface area contributed by atoms with Gasteiger partial charge in [-0.25, -0.2) is 0 Å². The molecule has 0 radical (unpaired) electrons. The minimum absolute atomic E-state index is 0.0157. The Morgan fingerprint density at radius 2 is 2.23 bits per heavy atom. The molecule has 0 unspecified atom stereocenters. The largest absolute Gasteiger partial charge is 0.384 e. The zero-order valence-corrected chi connectivity index (χ0v) is 7.74. The van der Waals surface area contributed by atoms with Gasteiger partial charge in [0.05, 0.1) is 6.54 Å². The third-order valence-electron chi connectivity index (χ3n) is 2.86. The van der Waals surface area contributed by atoms with Crippen molar-refractivity contribution in [3.8, 4) is 0 Å². The van der Waals surface area contributed by atoms with Gasteiger partial charge in [0.15, 0.2) is 0 Å². The van der Waals surface area contributed by atoms with Crippen LogP contribution in [0.1, 0.15) is 32.1 Å². The van der Waals surface area contributed by atoms with E-state index in [1.165, 1.54) is 42.8 Å². The number of nitrogens with zero attached hydrogens (tertiary/aromatic N) is 1. The highest BCUT2D eigenvalue weighted by molar-refractivity contribution is 4.76. The first-order valence-electron chi connectivity index (χ1n) is 5.01. The molecule has 1 aliphatic carbocycles. The fraction of sp³-hybridized carbons (Fsp3) is 0.700. The molecule has 0 N–H and O–H groups in total. The fourth-order valence-corrected chi connectivity index (χ4v) is 2.06. The summed E-state index contributed by atoms with van der Waals surface area (Å²) in [6, 6.07) is 1.47. The Bertz CT molecular complexity index is 307. The van der Waals surface area contributed by atoms with Crippen LogP contribution in [0.15, 0.2) is 21.6 Å². The second-order valence-corrected chi connectivity index (χ2v) is 3.79. The lowest BCUT2D eigenvalue weighted by Gasteiger charge is -2.06. The summed E-state index contributed by atoms with van der Waals surface area (Å²) in [6.45, 7) is 0.747. The van der Waals surface area contributed by atoms with E-state index in [4.69, 9.17) is 4.52 Å². The second kappa shape index (κ2) is 3.81. The topological polar surface area (TPSA) is 35.1 Å². The maximum Gasteiger partial charge on any atom is 0.282 e. The molecule has 0 spiro atoms. The molecule has 0 bridgehead atoms. The summed E-state index contributed by atoms with van der Waals surface area (Å²) in [5, 5.41) is 0. The Labute approximate surface area is 77.3 Å².